The number of anilines is 1. The fourth-order valence-electron chi connectivity index (χ4n) is 2.73. The fraction of sp³-hybridized carbons (Fsp3) is 0.130. The van der Waals surface area contributed by atoms with Crippen LogP contribution in [0.3, 0.4) is 0 Å². The van der Waals surface area contributed by atoms with E-state index in [2.05, 4.69) is 10.0 Å². The van der Waals surface area contributed by atoms with E-state index >= 15 is 0 Å². The average Bonchev–Trinajstić information content (AvgIpc) is 2.80. The van der Waals surface area contributed by atoms with Crippen LogP contribution in [0.4, 0.5) is 5.69 Å². The summed E-state index contributed by atoms with van der Waals surface area (Å²) in [6.07, 6.45) is 0. The summed E-state index contributed by atoms with van der Waals surface area (Å²) in [7, 11) is -3.85. The van der Waals surface area contributed by atoms with Crippen molar-refractivity contribution in [1.29, 1.82) is 0 Å². The van der Waals surface area contributed by atoms with E-state index in [4.69, 9.17) is 11.6 Å². The fourth-order valence-corrected chi connectivity index (χ4v) is 4.62. The van der Waals surface area contributed by atoms with E-state index in [1.165, 1.54) is 36.0 Å². The van der Waals surface area contributed by atoms with E-state index in [9.17, 15) is 18.0 Å². The number of nitrogens with one attached hydrogen (secondary N) is 2. The molecule has 1 amide bonds. The number of carbonyl (C=O) groups is 2. The van der Waals surface area contributed by atoms with Gasteiger partial charge in [-0.3, -0.25) is 9.59 Å². The summed E-state index contributed by atoms with van der Waals surface area (Å²) < 4.78 is 27.2. The van der Waals surface area contributed by atoms with Crippen molar-refractivity contribution in [3.63, 3.8) is 0 Å². The number of rotatable bonds is 10. The SMILES string of the molecule is O=C(CSCc1ccc(Cl)cc1)Nc1ccc(S(=O)(=O)NCC(=O)c2ccccc2)cc1. The van der Waals surface area contributed by atoms with Gasteiger partial charge in [0.25, 0.3) is 0 Å². The lowest BCUT2D eigenvalue weighted by atomic mass is 10.1. The standard InChI is InChI=1S/C23H21ClN2O4S2/c24-19-8-6-17(7-9-19)15-31-16-23(28)26-20-10-12-21(13-11-20)32(29,30)25-14-22(27)18-4-2-1-3-5-18/h1-13,25H,14-16H2,(H,26,28). The van der Waals surface area contributed by atoms with Gasteiger partial charge in [0, 0.05) is 22.0 Å². The van der Waals surface area contributed by atoms with Crippen molar-refractivity contribution in [2.45, 2.75) is 10.6 Å². The molecule has 0 bridgehead atoms. The van der Waals surface area contributed by atoms with Gasteiger partial charge < -0.3 is 5.32 Å². The molecule has 0 spiro atoms. The zero-order valence-corrected chi connectivity index (χ0v) is 19.3. The highest BCUT2D eigenvalue weighted by Gasteiger charge is 2.16. The molecule has 9 heteroatoms. The summed E-state index contributed by atoms with van der Waals surface area (Å²) in [6.45, 7) is -0.338. The van der Waals surface area contributed by atoms with Crippen molar-refractivity contribution in [2.75, 3.05) is 17.6 Å². The number of carbonyl (C=O) groups excluding carboxylic acids is 2. The van der Waals surface area contributed by atoms with Crippen LogP contribution in [0, 0.1) is 0 Å². The maximum absolute atomic E-state index is 12.4. The minimum atomic E-state index is -3.85. The number of hydrogen-bond acceptors (Lipinski definition) is 5. The van der Waals surface area contributed by atoms with Gasteiger partial charge in [0.1, 0.15) is 0 Å². The van der Waals surface area contributed by atoms with Crippen molar-refractivity contribution >= 4 is 50.8 Å². The number of ketones is 1. The van der Waals surface area contributed by atoms with Gasteiger partial charge in [-0.15, -0.1) is 11.8 Å². The molecule has 0 saturated heterocycles. The monoisotopic (exact) mass is 488 g/mol. The van der Waals surface area contributed by atoms with Gasteiger partial charge in [-0.25, -0.2) is 13.1 Å². The van der Waals surface area contributed by atoms with Crippen LogP contribution in [0.25, 0.3) is 0 Å². The van der Waals surface area contributed by atoms with Crippen LogP contribution in [0.5, 0.6) is 0 Å². The van der Waals surface area contributed by atoms with Crippen molar-refractivity contribution in [1.82, 2.24) is 4.72 Å². The van der Waals surface area contributed by atoms with Crippen molar-refractivity contribution in [2.24, 2.45) is 0 Å². The first kappa shape index (κ1) is 24.0. The normalized spacial score (nSPS) is 11.2. The van der Waals surface area contributed by atoms with E-state index in [0.717, 1.165) is 5.56 Å². The lowest BCUT2D eigenvalue weighted by molar-refractivity contribution is -0.113. The minimum absolute atomic E-state index is 0.00785. The summed E-state index contributed by atoms with van der Waals surface area (Å²) in [5, 5.41) is 3.40. The van der Waals surface area contributed by atoms with Gasteiger partial charge in [-0.1, -0.05) is 54.1 Å². The van der Waals surface area contributed by atoms with Crippen LogP contribution >= 0.6 is 23.4 Å². The van der Waals surface area contributed by atoms with E-state index in [-0.39, 0.29) is 28.9 Å². The molecule has 0 aromatic heterocycles. The smallest absolute Gasteiger partial charge is 0.240 e. The molecule has 0 fully saturated rings. The van der Waals surface area contributed by atoms with Crippen LogP contribution in [0.15, 0.2) is 83.8 Å². The zero-order chi connectivity index (χ0) is 23.0. The maximum Gasteiger partial charge on any atom is 0.240 e. The molecule has 0 aliphatic rings. The van der Waals surface area contributed by atoms with Crippen LogP contribution in [-0.4, -0.2) is 32.4 Å². The first-order chi connectivity index (χ1) is 15.3. The highest BCUT2D eigenvalue weighted by molar-refractivity contribution is 7.99. The Morgan fingerprint density at radius 2 is 1.53 bits per heavy atom. The van der Waals surface area contributed by atoms with Gasteiger partial charge in [-0.2, -0.15) is 0 Å². The highest BCUT2D eigenvalue weighted by atomic mass is 35.5. The van der Waals surface area contributed by atoms with Crippen LogP contribution in [0.2, 0.25) is 5.02 Å². The zero-order valence-electron chi connectivity index (χ0n) is 17.0. The van der Waals surface area contributed by atoms with Gasteiger partial charge in [0.2, 0.25) is 15.9 Å². The molecule has 3 rings (SSSR count). The molecule has 0 aliphatic heterocycles. The summed E-state index contributed by atoms with van der Waals surface area (Å²) in [5.41, 5.74) is 1.99. The first-order valence-electron chi connectivity index (χ1n) is 9.63. The molecule has 0 atom stereocenters. The molecular formula is C23H21ClN2O4S2. The van der Waals surface area contributed by atoms with Crippen molar-refractivity contribution < 1.29 is 18.0 Å². The van der Waals surface area contributed by atoms with Gasteiger partial charge >= 0.3 is 0 Å². The third-order valence-corrected chi connectivity index (χ3v) is 7.05. The average molecular weight is 489 g/mol. The molecule has 0 aliphatic carbocycles. The summed E-state index contributed by atoms with van der Waals surface area (Å²) in [5.74, 6) is 0.418. The van der Waals surface area contributed by atoms with Gasteiger partial charge in [0.15, 0.2) is 5.78 Å². The number of benzene rings is 3. The molecule has 0 radical (unpaired) electrons. The molecule has 3 aromatic rings. The van der Waals surface area contributed by atoms with Crippen LogP contribution in [-0.2, 0) is 20.6 Å². The number of Topliss-reactive ketones (excluding diaryl/α,β-unsaturated/α-hetero) is 1. The molecule has 2 N–H and O–H groups in total. The molecule has 6 nitrogen and oxygen atoms in total. The Hall–Kier alpha value is -2.65. The summed E-state index contributed by atoms with van der Waals surface area (Å²) >= 11 is 7.32. The van der Waals surface area contributed by atoms with E-state index < -0.39 is 10.0 Å². The summed E-state index contributed by atoms with van der Waals surface area (Å²) in [6, 6.07) is 21.7. The number of hydrogen-bond donors (Lipinski definition) is 2. The molecule has 3 aromatic carbocycles. The maximum atomic E-state index is 12.4. The number of thioether (sulfide) groups is 1. The Morgan fingerprint density at radius 1 is 0.875 bits per heavy atom. The second-order valence-electron chi connectivity index (χ2n) is 6.81. The Labute approximate surface area is 196 Å². The molecule has 0 unspecified atom stereocenters. The van der Waals surface area contributed by atoms with E-state index in [0.29, 0.717) is 22.0 Å². The number of halogens is 1. The van der Waals surface area contributed by atoms with Crippen molar-refractivity contribution in [3.8, 4) is 0 Å². The predicted octanol–water partition coefficient (Wildman–Crippen LogP) is 4.37. The predicted molar refractivity (Wildman–Crippen MR) is 129 cm³/mol. The second-order valence-corrected chi connectivity index (χ2v) is 9.99. The molecule has 0 heterocycles. The van der Waals surface area contributed by atoms with Crippen molar-refractivity contribution in [3.05, 3.63) is 95.0 Å². The lowest BCUT2D eigenvalue weighted by Gasteiger charge is -2.09. The Balaban J connectivity index is 1.48. The minimum Gasteiger partial charge on any atom is -0.325 e. The van der Waals surface area contributed by atoms with Crippen LogP contribution < -0.4 is 10.0 Å². The number of sulfonamides is 1. The lowest BCUT2D eigenvalue weighted by Crippen LogP contribution is -2.29. The topological polar surface area (TPSA) is 92.3 Å². The second kappa shape index (κ2) is 11.3. The van der Waals surface area contributed by atoms with E-state index in [1.54, 1.807) is 42.5 Å². The summed E-state index contributed by atoms with van der Waals surface area (Å²) in [4.78, 5) is 24.2. The highest BCUT2D eigenvalue weighted by Crippen LogP contribution is 2.17. The van der Waals surface area contributed by atoms with Gasteiger partial charge in [0.05, 0.1) is 17.2 Å². The van der Waals surface area contributed by atoms with Crippen LogP contribution in [0.1, 0.15) is 15.9 Å². The molecule has 0 saturated carbocycles. The molecule has 166 valence electrons. The van der Waals surface area contributed by atoms with E-state index in [1.807, 2.05) is 12.1 Å². The Morgan fingerprint density at radius 3 is 2.19 bits per heavy atom. The first-order valence-corrected chi connectivity index (χ1v) is 12.6. The Bertz CT molecular complexity index is 1170. The van der Waals surface area contributed by atoms with Gasteiger partial charge in [-0.05, 0) is 42.0 Å². The Kier molecular flexibility index (Phi) is 8.46. The molecule has 32 heavy (non-hydrogen) atoms. The third kappa shape index (κ3) is 7.20. The quantitative estimate of drug-likeness (QED) is 0.413. The number of amides is 1. The third-order valence-electron chi connectivity index (χ3n) is 4.38. The molecular weight excluding hydrogens is 468 g/mol. The largest absolute Gasteiger partial charge is 0.325 e.